The number of amides is 1. The molecule has 0 bridgehead atoms. The maximum absolute atomic E-state index is 11.7. The lowest BCUT2D eigenvalue weighted by atomic mass is 10.00. The van der Waals surface area contributed by atoms with E-state index in [1.807, 2.05) is 0 Å². The summed E-state index contributed by atoms with van der Waals surface area (Å²) >= 11 is 0. The third-order valence-corrected chi connectivity index (χ3v) is 4.30. The van der Waals surface area contributed by atoms with Crippen molar-refractivity contribution in [2.24, 2.45) is 0 Å². The number of aromatic nitrogens is 2. The van der Waals surface area contributed by atoms with Crippen LogP contribution in [0.15, 0.2) is 23.1 Å². The van der Waals surface area contributed by atoms with E-state index in [9.17, 15) is 9.59 Å². The standard InChI is InChI=1S/C15H21N3O4/c1-12(19)17-7-8-21-11-15(10-17)5-4-13(22-15)9-18-14(20)3-2-6-16-18/h2-3,6,13H,4-5,7-11H2,1H3/t13-,15-/m0/s1. The number of ether oxygens (including phenoxy) is 2. The zero-order chi connectivity index (χ0) is 15.6. The van der Waals surface area contributed by atoms with Gasteiger partial charge in [0.05, 0.1) is 32.4 Å². The highest BCUT2D eigenvalue weighted by Crippen LogP contribution is 2.33. The fourth-order valence-corrected chi connectivity index (χ4v) is 3.14. The smallest absolute Gasteiger partial charge is 0.266 e. The largest absolute Gasteiger partial charge is 0.377 e. The number of hydrogen-bond acceptors (Lipinski definition) is 5. The van der Waals surface area contributed by atoms with E-state index >= 15 is 0 Å². The molecule has 3 heterocycles. The molecule has 120 valence electrons. The van der Waals surface area contributed by atoms with Gasteiger partial charge in [-0.3, -0.25) is 9.59 Å². The first-order valence-electron chi connectivity index (χ1n) is 7.61. The zero-order valence-electron chi connectivity index (χ0n) is 12.7. The van der Waals surface area contributed by atoms with Gasteiger partial charge in [0.2, 0.25) is 5.91 Å². The van der Waals surface area contributed by atoms with Gasteiger partial charge in [0.15, 0.2) is 0 Å². The minimum atomic E-state index is -0.453. The van der Waals surface area contributed by atoms with E-state index in [0.29, 0.717) is 32.8 Å². The average molecular weight is 307 g/mol. The Labute approximate surface area is 128 Å². The van der Waals surface area contributed by atoms with Crippen molar-refractivity contribution in [3.05, 3.63) is 28.7 Å². The van der Waals surface area contributed by atoms with Crippen molar-refractivity contribution in [2.45, 2.75) is 38.0 Å². The number of hydrogen-bond donors (Lipinski definition) is 0. The summed E-state index contributed by atoms with van der Waals surface area (Å²) in [6, 6.07) is 3.11. The topological polar surface area (TPSA) is 73.7 Å². The first kappa shape index (κ1) is 15.2. The van der Waals surface area contributed by atoms with Crippen LogP contribution in [-0.4, -0.2) is 58.6 Å². The molecule has 0 radical (unpaired) electrons. The van der Waals surface area contributed by atoms with Gasteiger partial charge in [-0.15, -0.1) is 0 Å². The molecule has 0 aliphatic carbocycles. The summed E-state index contributed by atoms with van der Waals surface area (Å²) in [6.45, 7) is 4.18. The maximum Gasteiger partial charge on any atom is 0.266 e. The highest BCUT2D eigenvalue weighted by Gasteiger charge is 2.43. The van der Waals surface area contributed by atoms with Crippen LogP contribution in [0.25, 0.3) is 0 Å². The highest BCUT2D eigenvalue weighted by molar-refractivity contribution is 5.73. The predicted molar refractivity (Wildman–Crippen MR) is 78.4 cm³/mol. The summed E-state index contributed by atoms with van der Waals surface area (Å²) in [5.74, 6) is 0.0397. The van der Waals surface area contributed by atoms with Gasteiger partial charge >= 0.3 is 0 Å². The lowest BCUT2D eigenvalue weighted by Crippen LogP contribution is -2.46. The van der Waals surface area contributed by atoms with Gasteiger partial charge in [-0.2, -0.15) is 5.10 Å². The molecular formula is C15H21N3O4. The zero-order valence-corrected chi connectivity index (χ0v) is 12.7. The monoisotopic (exact) mass is 307 g/mol. The molecule has 7 nitrogen and oxygen atoms in total. The molecule has 7 heteroatoms. The molecule has 1 amide bonds. The Hall–Kier alpha value is -1.73. The van der Waals surface area contributed by atoms with Crippen molar-refractivity contribution in [1.82, 2.24) is 14.7 Å². The quantitative estimate of drug-likeness (QED) is 0.771. The Morgan fingerprint density at radius 1 is 1.55 bits per heavy atom. The van der Waals surface area contributed by atoms with Crippen molar-refractivity contribution in [3.63, 3.8) is 0 Å². The molecule has 1 spiro atoms. The molecular weight excluding hydrogens is 286 g/mol. The van der Waals surface area contributed by atoms with Crippen LogP contribution in [0, 0.1) is 0 Å². The van der Waals surface area contributed by atoms with Gasteiger partial charge in [-0.05, 0) is 18.9 Å². The van der Waals surface area contributed by atoms with E-state index < -0.39 is 5.60 Å². The van der Waals surface area contributed by atoms with Crippen molar-refractivity contribution >= 4 is 5.91 Å². The van der Waals surface area contributed by atoms with Gasteiger partial charge in [-0.1, -0.05) is 0 Å². The number of nitrogens with zero attached hydrogens (tertiary/aromatic N) is 3. The Morgan fingerprint density at radius 2 is 2.41 bits per heavy atom. The molecule has 3 rings (SSSR count). The van der Waals surface area contributed by atoms with Crippen molar-refractivity contribution in [1.29, 1.82) is 0 Å². The molecule has 0 saturated carbocycles. The SMILES string of the molecule is CC(=O)N1CCOC[C@]2(CC[C@@H](Cn3ncccc3=O)O2)C1. The third-order valence-electron chi connectivity index (χ3n) is 4.30. The van der Waals surface area contributed by atoms with E-state index in [0.717, 1.165) is 12.8 Å². The summed E-state index contributed by atoms with van der Waals surface area (Å²) in [5.41, 5.74) is -0.583. The van der Waals surface area contributed by atoms with Gasteiger partial charge in [0.25, 0.3) is 5.56 Å². The number of carbonyl (C=O) groups is 1. The fourth-order valence-electron chi connectivity index (χ4n) is 3.14. The highest BCUT2D eigenvalue weighted by atomic mass is 16.6. The van der Waals surface area contributed by atoms with Crippen LogP contribution in [0.3, 0.4) is 0 Å². The lowest BCUT2D eigenvalue weighted by Gasteiger charge is -2.31. The molecule has 0 N–H and O–H groups in total. The summed E-state index contributed by atoms with van der Waals surface area (Å²) in [7, 11) is 0. The van der Waals surface area contributed by atoms with Gasteiger partial charge < -0.3 is 14.4 Å². The van der Waals surface area contributed by atoms with Crippen molar-refractivity contribution in [2.75, 3.05) is 26.3 Å². The van der Waals surface area contributed by atoms with E-state index in [2.05, 4.69) is 5.10 Å². The van der Waals surface area contributed by atoms with Gasteiger partial charge in [0.1, 0.15) is 5.60 Å². The van der Waals surface area contributed by atoms with Gasteiger partial charge in [-0.25, -0.2) is 4.68 Å². The molecule has 1 aromatic heterocycles. The fraction of sp³-hybridized carbons (Fsp3) is 0.667. The van der Waals surface area contributed by atoms with Crippen LogP contribution in [0.1, 0.15) is 19.8 Å². The summed E-state index contributed by atoms with van der Waals surface area (Å²) < 4.78 is 13.2. The predicted octanol–water partition coefficient (Wildman–Crippen LogP) is 0.0398. The van der Waals surface area contributed by atoms with E-state index in [1.54, 1.807) is 24.1 Å². The summed E-state index contributed by atoms with van der Waals surface area (Å²) in [6.07, 6.45) is 3.17. The van der Waals surface area contributed by atoms with Crippen LogP contribution < -0.4 is 5.56 Å². The Morgan fingerprint density at radius 3 is 3.18 bits per heavy atom. The molecule has 2 saturated heterocycles. The molecule has 0 aromatic carbocycles. The second kappa shape index (κ2) is 6.18. The van der Waals surface area contributed by atoms with Crippen LogP contribution in [0.5, 0.6) is 0 Å². The average Bonchev–Trinajstić information content (AvgIpc) is 2.74. The first-order valence-corrected chi connectivity index (χ1v) is 7.61. The van der Waals surface area contributed by atoms with E-state index in [-0.39, 0.29) is 17.6 Å². The van der Waals surface area contributed by atoms with E-state index in [1.165, 1.54) is 10.7 Å². The van der Waals surface area contributed by atoms with Crippen LogP contribution >= 0.6 is 0 Å². The maximum atomic E-state index is 11.7. The summed E-state index contributed by atoms with van der Waals surface area (Å²) in [4.78, 5) is 25.2. The number of carbonyl (C=O) groups excluding carboxylic acids is 1. The minimum Gasteiger partial charge on any atom is -0.377 e. The van der Waals surface area contributed by atoms with Crippen LogP contribution in [-0.2, 0) is 20.8 Å². The molecule has 2 atom stereocenters. The molecule has 0 unspecified atom stereocenters. The number of rotatable bonds is 2. The lowest BCUT2D eigenvalue weighted by molar-refractivity contribution is -0.134. The Balaban J connectivity index is 1.69. The normalized spacial score (nSPS) is 28.8. The Kier molecular flexibility index (Phi) is 4.26. The summed E-state index contributed by atoms with van der Waals surface area (Å²) in [5, 5.41) is 4.07. The molecule has 2 aliphatic heterocycles. The van der Waals surface area contributed by atoms with Crippen molar-refractivity contribution < 1.29 is 14.3 Å². The molecule has 2 aliphatic rings. The van der Waals surface area contributed by atoms with Crippen LogP contribution in [0.2, 0.25) is 0 Å². The first-order chi connectivity index (χ1) is 10.6. The minimum absolute atomic E-state index is 0.0397. The van der Waals surface area contributed by atoms with Crippen LogP contribution in [0.4, 0.5) is 0 Å². The second-order valence-corrected chi connectivity index (χ2v) is 6.00. The third kappa shape index (κ3) is 3.20. The van der Waals surface area contributed by atoms with E-state index in [4.69, 9.17) is 9.47 Å². The second-order valence-electron chi connectivity index (χ2n) is 6.00. The Bertz CT molecular complexity index is 602. The van der Waals surface area contributed by atoms with Gasteiger partial charge in [0, 0.05) is 25.7 Å². The molecule has 1 aromatic rings. The molecule has 2 fully saturated rings. The molecule has 22 heavy (non-hydrogen) atoms. The van der Waals surface area contributed by atoms with Crippen molar-refractivity contribution in [3.8, 4) is 0 Å².